The van der Waals surface area contributed by atoms with E-state index in [1.165, 1.54) is 22.3 Å². The SMILES string of the molecule is CC/C(=C/c1ccc(C)cc1)c1ccccc1. The van der Waals surface area contributed by atoms with E-state index in [0.717, 1.165) is 6.42 Å². The standard InChI is InChI=1S/C17H18/c1-3-16(17-7-5-4-6-8-17)13-15-11-9-14(2)10-12-15/h4-13H,3H2,1-2H3/b16-13-. The van der Waals surface area contributed by atoms with E-state index in [9.17, 15) is 0 Å². The van der Waals surface area contributed by atoms with Crippen molar-refractivity contribution in [1.82, 2.24) is 0 Å². The Morgan fingerprint density at radius 2 is 1.59 bits per heavy atom. The van der Waals surface area contributed by atoms with Gasteiger partial charge in [0.1, 0.15) is 0 Å². The monoisotopic (exact) mass is 222 g/mol. The molecule has 0 fully saturated rings. The zero-order valence-corrected chi connectivity index (χ0v) is 10.5. The molecule has 0 bridgehead atoms. The summed E-state index contributed by atoms with van der Waals surface area (Å²) in [6.45, 7) is 4.32. The van der Waals surface area contributed by atoms with Gasteiger partial charge in [-0.3, -0.25) is 0 Å². The minimum Gasteiger partial charge on any atom is -0.0622 e. The molecule has 0 saturated carbocycles. The van der Waals surface area contributed by atoms with E-state index < -0.39 is 0 Å². The van der Waals surface area contributed by atoms with Crippen molar-refractivity contribution in [2.75, 3.05) is 0 Å². The minimum atomic E-state index is 1.05. The smallest absolute Gasteiger partial charge is 0.0224 e. The molecule has 0 nitrogen and oxygen atoms in total. The third-order valence-electron chi connectivity index (χ3n) is 2.94. The van der Waals surface area contributed by atoms with Gasteiger partial charge in [-0.1, -0.05) is 73.2 Å². The molecule has 0 N–H and O–H groups in total. The first kappa shape index (κ1) is 11.7. The first-order valence-corrected chi connectivity index (χ1v) is 6.12. The molecule has 0 atom stereocenters. The van der Waals surface area contributed by atoms with Gasteiger partial charge in [0.25, 0.3) is 0 Å². The Kier molecular flexibility index (Phi) is 3.77. The van der Waals surface area contributed by atoms with Crippen LogP contribution in [0.4, 0.5) is 0 Å². The Morgan fingerprint density at radius 3 is 2.18 bits per heavy atom. The molecule has 17 heavy (non-hydrogen) atoms. The zero-order chi connectivity index (χ0) is 12.1. The van der Waals surface area contributed by atoms with Crippen LogP contribution >= 0.6 is 0 Å². The van der Waals surface area contributed by atoms with Gasteiger partial charge in [0.15, 0.2) is 0 Å². The number of aryl methyl sites for hydroxylation is 1. The number of hydrogen-bond donors (Lipinski definition) is 0. The maximum atomic E-state index is 2.27. The Labute approximate surface area is 104 Å². The summed E-state index contributed by atoms with van der Waals surface area (Å²) in [5.41, 5.74) is 5.28. The van der Waals surface area contributed by atoms with Crippen LogP contribution < -0.4 is 0 Å². The van der Waals surface area contributed by atoms with Gasteiger partial charge in [0, 0.05) is 0 Å². The number of benzene rings is 2. The average Bonchev–Trinajstić information content (AvgIpc) is 2.39. The van der Waals surface area contributed by atoms with E-state index in [-0.39, 0.29) is 0 Å². The molecule has 0 aliphatic rings. The summed E-state index contributed by atoms with van der Waals surface area (Å²) in [5, 5.41) is 0. The second kappa shape index (κ2) is 5.49. The van der Waals surface area contributed by atoms with Crippen molar-refractivity contribution < 1.29 is 0 Å². The summed E-state index contributed by atoms with van der Waals surface area (Å²) in [6, 6.07) is 19.2. The number of rotatable bonds is 3. The second-order valence-corrected chi connectivity index (χ2v) is 4.30. The molecule has 2 aromatic carbocycles. The quantitative estimate of drug-likeness (QED) is 0.645. The van der Waals surface area contributed by atoms with Crippen LogP contribution in [0.2, 0.25) is 0 Å². The molecule has 0 aliphatic heterocycles. The summed E-state index contributed by atoms with van der Waals surface area (Å²) in [6.07, 6.45) is 3.33. The number of allylic oxidation sites excluding steroid dienone is 1. The van der Waals surface area contributed by atoms with Crippen LogP contribution in [0.15, 0.2) is 54.6 Å². The average molecular weight is 222 g/mol. The zero-order valence-electron chi connectivity index (χ0n) is 10.5. The van der Waals surface area contributed by atoms with Gasteiger partial charge in [-0.25, -0.2) is 0 Å². The lowest BCUT2D eigenvalue weighted by molar-refractivity contribution is 1.25. The van der Waals surface area contributed by atoms with Crippen molar-refractivity contribution in [3.8, 4) is 0 Å². The van der Waals surface area contributed by atoms with E-state index >= 15 is 0 Å². The molecule has 0 spiro atoms. The Hall–Kier alpha value is -1.82. The van der Waals surface area contributed by atoms with Crippen molar-refractivity contribution in [2.45, 2.75) is 20.3 Å². The molecule has 2 aromatic rings. The van der Waals surface area contributed by atoms with Crippen molar-refractivity contribution in [1.29, 1.82) is 0 Å². The molecule has 0 heteroatoms. The Morgan fingerprint density at radius 1 is 0.941 bits per heavy atom. The van der Waals surface area contributed by atoms with E-state index in [1.54, 1.807) is 0 Å². The van der Waals surface area contributed by atoms with Crippen LogP contribution in [0.1, 0.15) is 30.0 Å². The fourth-order valence-electron chi connectivity index (χ4n) is 1.91. The Balaban J connectivity index is 2.33. The summed E-state index contributed by atoms with van der Waals surface area (Å²) in [7, 11) is 0. The van der Waals surface area contributed by atoms with Crippen LogP contribution in [0.3, 0.4) is 0 Å². The van der Waals surface area contributed by atoms with Gasteiger partial charge >= 0.3 is 0 Å². The molecular formula is C17H18. The van der Waals surface area contributed by atoms with Crippen molar-refractivity contribution in [3.63, 3.8) is 0 Å². The normalized spacial score (nSPS) is 11.5. The molecule has 0 heterocycles. The molecule has 0 unspecified atom stereocenters. The summed E-state index contributed by atoms with van der Waals surface area (Å²) in [5.74, 6) is 0. The van der Waals surface area contributed by atoms with E-state index in [1.807, 2.05) is 0 Å². The van der Waals surface area contributed by atoms with Crippen LogP contribution in [-0.4, -0.2) is 0 Å². The van der Waals surface area contributed by atoms with Gasteiger partial charge in [-0.05, 0) is 30.0 Å². The van der Waals surface area contributed by atoms with Crippen molar-refractivity contribution in [3.05, 3.63) is 71.3 Å². The fourth-order valence-corrected chi connectivity index (χ4v) is 1.91. The lowest BCUT2D eigenvalue weighted by Crippen LogP contribution is -1.83. The lowest BCUT2D eigenvalue weighted by atomic mass is 10.0. The van der Waals surface area contributed by atoms with E-state index in [2.05, 4.69) is 74.5 Å². The van der Waals surface area contributed by atoms with Crippen LogP contribution in [0.25, 0.3) is 11.6 Å². The Bertz CT molecular complexity index is 489. The first-order valence-electron chi connectivity index (χ1n) is 6.12. The summed E-state index contributed by atoms with van der Waals surface area (Å²) in [4.78, 5) is 0. The molecule has 0 aliphatic carbocycles. The lowest BCUT2D eigenvalue weighted by Gasteiger charge is -2.05. The van der Waals surface area contributed by atoms with Gasteiger partial charge in [-0.2, -0.15) is 0 Å². The maximum absolute atomic E-state index is 2.27. The molecule has 0 aromatic heterocycles. The highest BCUT2D eigenvalue weighted by Gasteiger charge is 1.98. The van der Waals surface area contributed by atoms with Crippen LogP contribution in [0, 0.1) is 6.92 Å². The predicted octanol–water partition coefficient (Wildman–Crippen LogP) is 4.95. The van der Waals surface area contributed by atoms with E-state index in [4.69, 9.17) is 0 Å². The van der Waals surface area contributed by atoms with Gasteiger partial charge in [0.2, 0.25) is 0 Å². The molecule has 0 radical (unpaired) electrons. The third-order valence-corrected chi connectivity index (χ3v) is 2.94. The second-order valence-electron chi connectivity index (χ2n) is 4.30. The molecule has 86 valence electrons. The summed E-state index contributed by atoms with van der Waals surface area (Å²) < 4.78 is 0. The van der Waals surface area contributed by atoms with E-state index in [0.29, 0.717) is 0 Å². The minimum absolute atomic E-state index is 1.05. The molecule has 0 amide bonds. The fraction of sp³-hybridized carbons (Fsp3) is 0.176. The number of hydrogen-bond acceptors (Lipinski definition) is 0. The first-order chi connectivity index (χ1) is 8.29. The molecule has 2 rings (SSSR count). The topological polar surface area (TPSA) is 0 Å². The summed E-state index contributed by atoms with van der Waals surface area (Å²) >= 11 is 0. The molecule has 0 saturated heterocycles. The maximum Gasteiger partial charge on any atom is -0.0224 e. The largest absolute Gasteiger partial charge is 0.0622 e. The van der Waals surface area contributed by atoms with Crippen molar-refractivity contribution >= 4 is 11.6 Å². The van der Waals surface area contributed by atoms with Gasteiger partial charge < -0.3 is 0 Å². The highest BCUT2D eigenvalue weighted by atomic mass is 14.0. The highest BCUT2D eigenvalue weighted by Crippen LogP contribution is 2.21. The van der Waals surface area contributed by atoms with Gasteiger partial charge in [0.05, 0.1) is 0 Å². The van der Waals surface area contributed by atoms with Gasteiger partial charge in [-0.15, -0.1) is 0 Å². The van der Waals surface area contributed by atoms with Crippen LogP contribution in [0.5, 0.6) is 0 Å². The van der Waals surface area contributed by atoms with Crippen molar-refractivity contribution in [2.24, 2.45) is 0 Å². The highest BCUT2D eigenvalue weighted by molar-refractivity contribution is 5.81. The third kappa shape index (κ3) is 3.07. The molecular weight excluding hydrogens is 204 g/mol. The predicted molar refractivity (Wildman–Crippen MR) is 75.8 cm³/mol. The van der Waals surface area contributed by atoms with Crippen LogP contribution in [-0.2, 0) is 0 Å².